The summed E-state index contributed by atoms with van der Waals surface area (Å²) >= 11 is 0. The Labute approximate surface area is 323 Å². The molecule has 0 amide bonds. The highest BCUT2D eigenvalue weighted by molar-refractivity contribution is 5.67. The van der Waals surface area contributed by atoms with Crippen molar-refractivity contribution >= 4 is 40.5 Å². The zero-order valence-electron chi connectivity index (χ0n) is 31.4. The van der Waals surface area contributed by atoms with E-state index >= 15 is 0 Å². The summed E-state index contributed by atoms with van der Waals surface area (Å²) in [6, 6.07) is 32.0. The highest BCUT2D eigenvalue weighted by Gasteiger charge is 2.19. The number of aromatic nitrogens is 6. The fraction of sp³-hybridized carbons (Fsp3) is 0.286. The average molecular weight is 732 g/mol. The molecule has 0 spiro atoms. The third kappa shape index (κ3) is 10.7. The molecular weight excluding hydrogens is 675 g/mol. The van der Waals surface area contributed by atoms with Gasteiger partial charge in [0.2, 0.25) is 0 Å². The quantitative estimate of drug-likeness (QED) is 0.0953. The fourth-order valence-corrected chi connectivity index (χ4v) is 5.51. The number of nitrogens with zero attached hydrogens (tertiary/aromatic N) is 7. The van der Waals surface area contributed by atoms with Gasteiger partial charge in [0.15, 0.2) is 11.6 Å². The molecule has 0 radical (unpaired) electrons. The second kappa shape index (κ2) is 19.1. The normalized spacial score (nSPS) is 13.2. The lowest BCUT2D eigenvalue weighted by molar-refractivity contribution is -0.0248. The predicted molar refractivity (Wildman–Crippen MR) is 228 cm³/mol. The maximum atomic E-state index is 5.23. The third-order valence-corrected chi connectivity index (χ3v) is 8.38. The zero-order chi connectivity index (χ0) is 37.5. The Bertz CT molecular complexity index is 2040. The van der Waals surface area contributed by atoms with Crippen LogP contribution in [0.5, 0.6) is 0 Å². The summed E-state index contributed by atoms with van der Waals surface area (Å²) in [5.41, 5.74) is 3.88. The van der Waals surface area contributed by atoms with Crippen LogP contribution in [0, 0.1) is 5.92 Å². The molecular formula is C42H57N11O. The number of pyridine rings is 2. The van der Waals surface area contributed by atoms with Gasteiger partial charge in [-0.05, 0) is 38.5 Å². The van der Waals surface area contributed by atoms with E-state index in [1.807, 2.05) is 111 Å². The maximum Gasteiger partial charge on any atom is 0.163 e. The second-order valence-corrected chi connectivity index (χ2v) is 13.0. The SMILES string of the molecule is CC.CC(C)Nc1cc(Nc2ccnc(N3CCC3)c2)nc(-c2ccccc2)n1.[HH].[HH].[HH].[HH].c1ccc(-c2nc(NCC3COC3)cc(Nc3ccncc3)n2)cc1. The van der Waals surface area contributed by atoms with Crippen molar-refractivity contribution in [1.82, 2.24) is 29.9 Å². The van der Waals surface area contributed by atoms with Crippen LogP contribution in [-0.2, 0) is 4.74 Å². The van der Waals surface area contributed by atoms with Crippen LogP contribution in [0.1, 0.15) is 39.8 Å². The van der Waals surface area contributed by atoms with Crippen LogP contribution >= 0.6 is 0 Å². The number of nitrogens with one attached hydrogen (secondary N) is 4. The third-order valence-electron chi connectivity index (χ3n) is 8.38. The van der Waals surface area contributed by atoms with Crippen molar-refractivity contribution in [3.8, 4) is 22.8 Å². The lowest BCUT2D eigenvalue weighted by atomic mass is 10.1. The Morgan fingerprint density at radius 2 is 1.24 bits per heavy atom. The van der Waals surface area contributed by atoms with Crippen LogP contribution in [0.2, 0.25) is 0 Å². The second-order valence-electron chi connectivity index (χ2n) is 13.0. The molecule has 4 N–H and O–H groups in total. The highest BCUT2D eigenvalue weighted by Crippen LogP contribution is 2.27. The number of anilines is 7. The van der Waals surface area contributed by atoms with Crippen molar-refractivity contribution in [3.05, 3.63) is 116 Å². The van der Waals surface area contributed by atoms with Gasteiger partial charge in [-0.3, -0.25) is 4.98 Å². The summed E-state index contributed by atoms with van der Waals surface area (Å²) in [6.07, 6.45) is 6.56. The first-order chi connectivity index (χ1) is 26.5. The summed E-state index contributed by atoms with van der Waals surface area (Å²) in [6.45, 7) is 12.8. The fourth-order valence-electron chi connectivity index (χ4n) is 5.51. The molecule has 2 aromatic carbocycles. The van der Waals surface area contributed by atoms with E-state index in [0.29, 0.717) is 17.6 Å². The summed E-state index contributed by atoms with van der Waals surface area (Å²) in [7, 11) is 0. The van der Waals surface area contributed by atoms with E-state index in [2.05, 4.69) is 71.0 Å². The van der Waals surface area contributed by atoms with Gasteiger partial charge in [-0.1, -0.05) is 74.5 Å². The first-order valence-corrected chi connectivity index (χ1v) is 18.7. The molecule has 4 aromatic heterocycles. The molecule has 0 bridgehead atoms. The number of ether oxygens (including phenoxy) is 1. The van der Waals surface area contributed by atoms with Crippen LogP contribution < -0.4 is 26.2 Å². The van der Waals surface area contributed by atoms with Gasteiger partial charge in [-0.25, -0.2) is 24.9 Å². The van der Waals surface area contributed by atoms with E-state index in [1.165, 1.54) is 6.42 Å². The summed E-state index contributed by atoms with van der Waals surface area (Å²) in [5, 5.41) is 13.5. The largest absolute Gasteiger partial charge is 0.381 e. The Hall–Kier alpha value is -6.14. The maximum absolute atomic E-state index is 5.23. The molecule has 12 heteroatoms. The average Bonchev–Trinajstić information content (AvgIpc) is 3.15. The van der Waals surface area contributed by atoms with Gasteiger partial charge in [0, 0.05) is 96.6 Å². The molecule has 286 valence electrons. The summed E-state index contributed by atoms with van der Waals surface area (Å²) in [5.74, 6) is 6.04. The van der Waals surface area contributed by atoms with Crippen LogP contribution in [0.4, 0.5) is 40.5 Å². The molecule has 2 saturated heterocycles. The minimum atomic E-state index is 0. The lowest BCUT2D eigenvalue weighted by Gasteiger charge is -2.32. The zero-order valence-corrected chi connectivity index (χ0v) is 31.4. The van der Waals surface area contributed by atoms with E-state index in [4.69, 9.17) is 9.72 Å². The Morgan fingerprint density at radius 1 is 0.685 bits per heavy atom. The van der Waals surface area contributed by atoms with E-state index in [9.17, 15) is 0 Å². The van der Waals surface area contributed by atoms with E-state index < -0.39 is 0 Å². The van der Waals surface area contributed by atoms with Crippen molar-refractivity contribution in [1.29, 1.82) is 0 Å². The number of rotatable bonds is 12. The van der Waals surface area contributed by atoms with E-state index in [-0.39, 0.29) is 11.7 Å². The highest BCUT2D eigenvalue weighted by atomic mass is 16.5. The molecule has 6 heterocycles. The molecule has 2 aliphatic heterocycles. The molecule has 8 rings (SSSR count). The van der Waals surface area contributed by atoms with Crippen molar-refractivity contribution < 1.29 is 10.4 Å². The first-order valence-electron chi connectivity index (χ1n) is 18.7. The number of hydrogen-bond donors (Lipinski definition) is 4. The molecule has 2 fully saturated rings. The van der Waals surface area contributed by atoms with E-state index in [0.717, 1.165) is 84.4 Å². The van der Waals surface area contributed by atoms with Crippen LogP contribution in [0.3, 0.4) is 0 Å². The van der Waals surface area contributed by atoms with Crippen LogP contribution in [0.15, 0.2) is 116 Å². The molecule has 0 atom stereocenters. The number of hydrogen-bond acceptors (Lipinski definition) is 12. The Balaban J connectivity index is 0.000000361. The standard InChI is InChI=1S/C21H24N6.C19H19N5O.C2H6.4H2/c1-15(2)23-18-14-19(26-21(25-18)16-7-4-3-5-8-16)24-17-9-10-22-20(13-17)27-11-6-12-27;1-2-4-15(5-3-1)19-23-17(21-11-14-12-25-13-14)10-18(24-19)22-16-6-8-20-9-7-16;1-2;;;;/h3-5,7-10,13-15H,6,11-12H2,1-2H3,(H2,22,23,24,25,26);1-10,14H,11-13H2,(H2,20,21,22,23,24);1-2H3;4*1H. The summed E-state index contributed by atoms with van der Waals surface area (Å²) < 4.78 is 5.23. The molecule has 6 aromatic rings. The minimum absolute atomic E-state index is 0. The Kier molecular flexibility index (Phi) is 13.3. The van der Waals surface area contributed by atoms with Gasteiger partial charge in [-0.2, -0.15) is 0 Å². The minimum Gasteiger partial charge on any atom is -0.381 e. The smallest absolute Gasteiger partial charge is 0.163 e. The van der Waals surface area contributed by atoms with Crippen molar-refractivity contribution in [2.24, 2.45) is 5.92 Å². The molecule has 0 unspecified atom stereocenters. The monoisotopic (exact) mass is 731 g/mol. The Morgan fingerprint density at radius 3 is 1.80 bits per heavy atom. The predicted octanol–water partition coefficient (Wildman–Crippen LogP) is 9.66. The van der Waals surface area contributed by atoms with Crippen LogP contribution in [-0.4, -0.2) is 68.8 Å². The van der Waals surface area contributed by atoms with Gasteiger partial charge in [0.05, 0.1) is 13.2 Å². The topological polar surface area (TPSA) is 138 Å². The van der Waals surface area contributed by atoms with E-state index in [1.54, 1.807) is 12.4 Å². The van der Waals surface area contributed by atoms with Gasteiger partial charge < -0.3 is 30.9 Å². The molecule has 2 aliphatic rings. The van der Waals surface area contributed by atoms with Crippen LogP contribution in [0.25, 0.3) is 22.8 Å². The van der Waals surface area contributed by atoms with Gasteiger partial charge in [0.25, 0.3) is 0 Å². The van der Waals surface area contributed by atoms with Crippen molar-refractivity contribution in [2.45, 2.75) is 40.2 Å². The van der Waals surface area contributed by atoms with Crippen molar-refractivity contribution in [2.75, 3.05) is 59.0 Å². The number of benzene rings is 2. The lowest BCUT2D eigenvalue weighted by Crippen LogP contribution is -2.37. The molecule has 54 heavy (non-hydrogen) atoms. The van der Waals surface area contributed by atoms with Gasteiger partial charge in [0.1, 0.15) is 29.1 Å². The van der Waals surface area contributed by atoms with Gasteiger partial charge in [-0.15, -0.1) is 0 Å². The van der Waals surface area contributed by atoms with Crippen molar-refractivity contribution in [3.63, 3.8) is 0 Å². The molecule has 12 nitrogen and oxygen atoms in total. The first kappa shape index (κ1) is 37.6. The molecule has 0 saturated carbocycles. The summed E-state index contributed by atoms with van der Waals surface area (Å²) in [4.78, 5) is 29.5. The molecule has 0 aliphatic carbocycles. The van der Waals surface area contributed by atoms with Gasteiger partial charge >= 0.3 is 0 Å².